The molecule has 0 aromatic heterocycles. The van der Waals surface area contributed by atoms with Crippen LogP contribution in [0.1, 0.15) is 35.3 Å². The van der Waals surface area contributed by atoms with Crippen molar-refractivity contribution in [3.63, 3.8) is 0 Å². The van der Waals surface area contributed by atoms with Crippen LogP contribution in [0.4, 0.5) is 5.69 Å². The molecule has 0 fully saturated rings. The van der Waals surface area contributed by atoms with Gasteiger partial charge in [-0.05, 0) is 67.4 Å². The Labute approximate surface area is 265 Å². The number of hydrogen-bond donors (Lipinski definition) is 2. The number of para-hydroxylation sites is 1. The Morgan fingerprint density at radius 3 is 2.25 bits per heavy atom. The maximum absolute atomic E-state index is 12.8. The average Bonchev–Trinajstić information content (AvgIpc) is 3.02. The second-order valence-corrected chi connectivity index (χ2v) is 9.96. The van der Waals surface area contributed by atoms with Gasteiger partial charge in [-0.3, -0.25) is 9.59 Å². The molecule has 0 heterocycles. The van der Waals surface area contributed by atoms with Crippen LogP contribution in [-0.4, -0.2) is 37.8 Å². The van der Waals surface area contributed by atoms with Crippen LogP contribution in [0.3, 0.4) is 0 Å². The number of hydrogen-bond acceptors (Lipinski definition) is 7. The minimum Gasteiger partial charge on any atom is -0.490 e. The van der Waals surface area contributed by atoms with Gasteiger partial charge in [0.1, 0.15) is 6.61 Å². The van der Waals surface area contributed by atoms with Gasteiger partial charge in [-0.25, -0.2) is 5.43 Å². The van der Waals surface area contributed by atoms with Crippen molar-refractivity contribution in [2.45, 2.75) is 20.5 Å². The maximum atomic E-state index is 12.8. The third kappa shape index (κ3) is 9.13. The lowest BCUT2D eigenvalue weighted by Crippen LogP contribution is -2.20. The summed E-state index contributed by atoms with van der Waals surface area (Å²) in [5.41, 5.74) is 4.85. The summed E-state index contributed by atoms with van der Waals surface area (Å²) < 4.78 is 23.0. The number of carbonyl (C=O) groups excluding carboxylic acids is 2. The normalized spacial score (nSPS) is 10.7. The summed E-state index contributed by atoms with van der Waals surface area (Å²) in [7, 11) is 0. The van der Waals surface area contributed by atoms with Crippen molar-refractivity contribution < 1.29 is 28.5 Å². The fourth-order valence-corrected chi connectivity index (χ4v) is 4.41. The summed E-state index contributed by atoms with van der Waals surface area (Å²) in [6, 6.07) is 24.8. The van der Waals surface area contributed by atoms with E-state index in [-0.39, 0.29) is 17.4 Å². The first kappa shape index (κ1) is 32.2. The molecule has 11 heteroatoms. The smallest absolute Gasteiger partial charge is 0.271 e. The second kappa shape index (κ2) is 16.2. The van der Waals surface area contributed by atoms with Gasteiger partial charge in [0, 0.05) is 5.56 Å². The number of nitrogens with zero attached hydrogens (tertiary/aromatic N) is 1. The third-order valence-corrected chi connectivity index (χ3v) is 6.56. The molecule has 44 heavy (non-hydrogen) atoms. The van der Waals surface area contributed by atoms with E-state index in [1.54, 1.807) is 61.5 Å². The van der Waals surface area contributed by atoms with Gasteiger partial charge in [0.15, 0.2) is 29.6 Å². The Morgan fingerprint density at radius 1 is 0.773 bits per heavy atom. The van der Waals surface area contributed by atoms with Crippen LogP contribution in [0, 0.1) is 0 Å². The van der Waals surface area contributed by atoms with Gasteiger partial charge in [-0.1, -0.05) is 65.7 Å². The van der Waals surface area contributed by atoms with Crippen molar-refractivity contribution in [2.24, 2.45) is 5.10 Å². The lowest BCUT2D eigenvalue weighted by atomic mass is 10.2. The van der Waals surface area contributed by atoms with Gasteiger partial charge >= 0.3 is 0 Å². The van der Waals surface area contributed by atoms with E-state index in [0.29, 0.717) is 58.9 Å². The molecule has 0 saturated carbocycles. The van der Waals surface area contributed by atoms with Crippen molar-refractivity contribution in [2.75, 3.05) is 25.1 Å². The van der Waals surface area contributed by atoms with Crippen molar-refractivity contribution in [3.05, 3.63) is 112 Å². The third-order valence-electron chi connectivity index (χ3n) is 5.95. The molecule has 0 aliphatic heterocycles. The summed E-state index contributed by atoms with van der Waals surface area (Å²) >= 11 is 12.6. The Morgan fingerprint density at radius 2 is 1.50 bits per heavy atom. The molecule has 0 atom stereocenters. The SMILES string of the molecule is CCOc1cc(C(=O)N/N=C/c2cc(Cl)c(OCC(=O)Nc3ccccc3Cl)c(OCC)c2)ccc1OCc1ccccc1. The lowest BCUT2D eigenvalue weighted by Gasteiger charge is -2.14. The second-order valence-electron chi connectivity index (χ2n) is 9.15. The summed E-state index contributed by atoms with van der Waals surface area (Å²) in [5.74, 6) is 0.611. The van der Waals surface area contributed by atoms with Crippen LogP contribution in [0.15, 0.2) is 90.0 Å². The molecule has 0 bridgehead atoms. The summed E-state index contributed by atoms with van der Waals surface area (Å²) in [4.78, 5) is 25.3. The number of halogens is 2. The van der Waals surface area contributed by atoms with E-state index in [9.17, 15) is 9.59 Å². The maximum Gasteiger partial charge on any atom is 0.271 e. The van der Waals surface area contributed by atoms with E-state index < -0.39 is 11.8 Å². The number of amides is 2. The molecule has 4 aromatic rings. The first-order valence-corrected chi connectivity index (χ1v) is 14.5. The van der Waals surface area contributed by atoms with Crippen LogP contribution in [0.2, 0.25) is 10.0 Å². The average molecular weight is 637 g/mol. The number of ether oxygens (including phenoxy) is 4. The highest BCUT2D eigenvalue weighted by Gasteiger charge is 2.16. The monoisotopic (exact) mass is 635 g/mol. The zero-order chi connectivity index (χ0) is 31.3. The minimum atomic E-state index is -0.447. The Bertz CT molecular complexity index is 1610. The molecule has 228 valence electrons. The van der Waals surface area contributed by atoms with Crippen LogP contribution < -0.4 is 29.7 Å². The molecule has 0 radical (unpaired) electrons. The molecular weight excluding hydrogens is 605 g/mol. The quantitative estimate of drug-likeness (QED) is 0.112. The Hall–Kier alpha value is -4.73. The van der Waals surface area contributed by atoms with E-state index in [1.807, 2.05) is 37.3 Å². The van der Waals surface area contributed by atoms with E-state index >= 15 is 0 Å². The lowest BCUT2D eigenvalue weighted by molar-refractivity contribution is -0.118. The highest BCUT2D eigenvalue weighted by atomic mass is 35.5. The largest absolute Gasteiger partial charge is 0.490 e. The predicted octanol–water partition coefficient (Wildman–Crippen LogP) is 7.15. The van der Waals surface area contributed by atoms with E-state index in [0.717, 1.165) is 5.56 Å². The van der Waals surface area contributed by atoms with Crippen LogP contribution in [-0.2, 0) is 11.4 Å². The predicted molar refractivity (Wildman–Crippen MR) is 172 cm³/mol. The summed E-state index contributed by atoms with van der Waals surface area (Å²) in [5, 5.41) is 7.35. The molecule has 0 aliphatic carbocycles. The van der Waals surface area contributed by atoms with E-state index in [4.69, 9.17) is 42.1 Å². The van der Waals surface area contributed by atoms with Gasteiger partial charge < -0.3 is 24.3 Å². The van der Waals surface area contributed by atoms with Crippen molar-refractivity contribution >= 4 is 46.9 Å². The Kier molecular flexibility index (Phi) is 11.9. The molecule has 2 amide bonds. The molecule has 0 saturated heterocycles. The molecular formula is C33H31Cl2N3O6. The zero-order valence-corrected chi connectivity index (χ0v) is 25.7. The van der Waals surface area contributed by atoms with Crippen LogP contribution in [0.25, 0.3) is 0 Å². The van der Waals surface area contributed by atoms with Gasteiger partial charge in [0.2, 0.25) is 0 Å². The van der Waals surface area contributed by atoms with Crippen LogP contribution in [0.5, 0.6) is 23.0 Å². The first-order chi connectivity index (χ1) is 21.4. The van der Waals surface area contributed by atoms with Crippen LogP contribution >= 0.6 is 23.2 Å². The number of benzene rings is 4. The molecule has 2 N–H and O–H groups in total. The molecule has 0 aliphatic rings. The number of anilines is 1. The van der Waals surface area contributed by atoms with E-state index in [2.05, 4.69) is 15.8 Å². The molecule has 4 aromatic carbocycles. The summed E-state index contributed by atoms with van der Waals surface area (Å²) in [6.07, 6.45) is 1.42. The molecule has 4 rings (SSSR count). The standard InChI is InChI=1S/C33H31Cl2N3O6/c1-3-41-29-18-24(14-15-28(29)43-20-22-10-6-5-7-11-22)33(40)38-36-19-23-16-26(35)32(30(17-23)42-4-2)44-21-31(39)37-27-13-9-8-12-25(27)34/h5-19H,3-4,20-21H2,1-2H3,(H,37,39)(H,38,40)/b36-19+. The topological polar surface area (TPSA) is 107 Å². The first-order valence-electron chi connectivity index (χ1n) is 13.8. The van der Waals surface area contributed by atoms with Gasteiger partial charge in [0.05, 0.1) is 35.2 Å². The van der Waals surface area contributed by atoms with Crippen molar-refractivity contribution in [3.8, 4) is 23.0 Å². The summed E-state index contributed by atoms with van der Waals surface area (Å²) in [6.45, 7) is 4.42. The van der Waals surface area contributed by atoms with Gasteiger partial charge in [0.25, 0.3) is 11.8 Å². The highest BCUT2D eigenvalue weighted by Crippen LogP contribution is 2.36. The van der Waals surface area contributed by atoms with E-state index in [1.165, 1.54) is 6.21 Å². The number of hydrazone groups is 1. The number of rotatable bonds is 14. The number of nitrogens with one attached hydrogen (secondary N) is 2. The van der Waals surface area contributed by atoms with Gasteiger partial charge in [-0.15, -0.1) is 0 Å². The molecule has 9 nitrogen and oxygen atoms in total. The fourth-order valence-electron chi connectivity index (χ4n) is 3.95. The van der Waals surface area contributed by atoms with Crippen molar-refractivity contribution in [1.29, 1.82) is 0 Å². The minimum absolute atomic E-state index is 0.196. The number of carbonyl (C=O) groups is 2. The highest BCUT2D eigenvalue weighted by molar-refractivity contribution is 6.33. The van der Waals surface area contributed by atoms with Gasteiger partial charge in [-0.2, -0.15) is 5.10 Å². The van der Waals surface area contributed by atoms with Crippen molar-refractivity contribution in [1.82, 2.24) is 5.43 Å². The fraction of sp³-hybridized carbons (Fsp3) is 0.182. The molecule has 0 unspecified atom stereocenters. The molecule has 0 spiro atoms. The zero-order valence-electron chi connectivity index (χ0n) is 24.1. The Balaban J connectivity index is 1.39.